The minimum atomic E-state index is -0.177. The highest BCUT2D eigenvalue weighted by Gasteiger charge is 2.14. The van der Waals surface area contributed by atoms with Crippen molar-refractivity contribution in [3.05, 3.63) is 56.1 Å². The summed E-state index contributed by atoms with van der Waals surface area (Å²) in [7, 11) is 1.55. The van der Waals surface area contributed by atoms with Gasteiger partial charge in [-0.25, -0.2) is 5.43 Å². The molecule has 7 nitrogen and oxygen atoms in total. The van der Waals surface area contributed by atoms with Crippen LogP contribution >= 0.6 is 34.2 Å². The van der Waals surface area contributed by atoms with Crippen LogP contribution in [0.4, 0.5) is 0 Å². The van der Waals surface area contributed by atoms with E-state index in [0.29, 0.717) is 41.9 Å². The van der Waals surface area contributed by atoms with Crippen molar-refractivity contribution in [2.24, 2.45) is 5.10 Å². The van der Waals surface area contributed by atoms with Gasteiger partial charge in [-0.3, -0.25) is 9.69 Å². The van der Waals surface area contributed by atoms with Gasteiger partial charge >= 0.3 is 0 Å². The van der Waals surface area contributed by atoms with Crippen LogP contribution < -0.4 is 14.9 Å². The number of nitrogens with zero attached hydrogens (tertiary/aromatic N) is 2. The second kappa shape index (κ2) is 11.5. The van der Waals surface area contributed by atoms with E-state index in [4.69, 9.17) is 25.8 Å². The molecular formula is C21H23ClIN3O4. The highest BCUT2D eigenvalue weighted by molar-refractivity contribution is 14.1. The lowest BCUT2D eigenvalue weighted by Crippen LogP contribution is -2.42. The summed E-state index contributed by atoms with van der Waals surface area (Å²) < 4.78 is 17.7. The van der Waals surface area contributed by atoms with Crippen LogP contribution in [0.2, 0.25) is 5.02 Å². The summed E-state index contributed by atoms with van der Waals surface area (Å²) in [5.74, 6) is 0.781. The van der Waals surface area contributed by atoms with E-state index in [2.05, 4.69) is 33.1 Å². The summed E-state index contributed by atoms with van der Waals surface area (Å²) in [5.41, 5.74) is 4.25. The molecule has 30 heavy (non-hydrogen) atoms. The summed E-state index contributed by atoms with van der Waals surface area (Å²) in [6.07, 6.45) is 1.52. The first kappa shape index (κ1) is 22.8. The smallest absolute Gasteiger partial charge is 0.254 e. The molecule has 0 aromatic heterocycles. The van der Waals surface area contributed by atoms with Crippen LogP contribution in [0, 0.1) is 3.57 Å². The van der Waals surface area contributed by atoms with Gasteiger partial charge in [-0.05, 0) is 58.0 Å². The van der Waals surface area contributed by atoms with Gasteiger partial charge in [0, 0.05) is 16.7 Å². The highest BCUT2D eigenvalue weighted by atomic mass is 127. The molecule has 1 fully saturated rings. The van der Waals surface area contributed by atoms with Gasteiger partial charge < -0.3 is 14.2 Å². The Morgan fingerprint density at radius 2 is 2.03 bits per heavy atom. The van der Waals surface area contributed by atoms with Crippen molar-refractivity contribution in [1.82, 2.24) is 10.3 Å². The molecule has 160 valence electrons. The molecule has 1 aliphatic rings. The second-order valence-corrected chi connectivity index (χ2v) is 8.28. The van der Waals surface area contributed by atoms with Crippen molar-refractivity contribution < 1.29 is 19.0 Å². The molecule has 2 aromatic rings. The Labute approximate surface area is 194 Å². The topological polar surface area (TPSA) is 72.4 Å². The van der Waals surface area contributed by atoms with Crippen LogP contribution in [-0.4, -0.2) is 57.0 Å². The Bertz CT molecular complexity index is 887. The van der Waals surface area contributed by atoms with Gasteiger partial charge in [-0.2, -0.15) is 5.10 Å². The molecule has 0 bridgehead atoms. The standard InChI is InChI=1S/C21H23ClIN3O4/c1-28-19-11-16(12-24-25-20(27)13-26-6-8-29-9-7-26)10-18(22)21(19)30-14-15-2-4-17(23)5-3-15/h2-5,10-12H,6-9,13-14H2,1H3,(H,25,27)/b24-12+. The highest BCUT2D eigenvalue weighted by Crippen LogP contribution is 2.36. The van der Waals surface area contributed by atoms with Crippen molar-refractivity contribution in [2.45, 2.75) is 6.61 Å². The van der Waals surface area contributed by atoms with E-state index in [9.17, 15) is 4.79 Å². The minimum absolute atomic E-state index is 0.177. The second-order valence-electron chi connectivity index (χ2n) is 6.63. The summed E-state index contributed by atoms with van der Waals surface area (Å²) in [6.45, 7) is 3.44. The minimum Gasteiger partial charge on any atom is -0.493 e. The lowest BCUT2D eigenvalue weighted by molar-refractivity contribution is -0.123. The van der Waals surface area contributed by atoms with Crippen LogP contribution in [-0.2, 0) is 16.1 Å². The molecule has 1 heterocycles. The van der Waals surface area contributed by atoms with Crippen molar-refractivity contribution in [1.29, 1.82) is 0 Å². The zero-order valence-electron chi connectivity index (χ0n) is 16.6. The monoisotopic (exact) mass is 543 g/mol. The van der Waals surface area contributed by atoms with Gasteiger partial charge in [0.25, 0.3) is 5.91 Å². The van der Waals surface area contributed by atoms with E-state index in [0.717, 1.165) is 22.2 Å². The van der Waals surface area contributed by atoms with E-state index in [1.807, 2.05) is 29.2 Å². The maximum absolute atomic E-state index is 12.0. The summed E-state index contributed by atoms with van der Waals surface area (Å²) in [4.78, 5) is 14.0. The molecule has 0 spiro atoms. The number of hydrogen-bond acceptors (Lipinski definition) is 6. The number of amides is 1. The first-order valence-corrected chi connectivity index (χ1v) is 10.9. The SMILES string of the molecule is COc1cc(/C=N/NC(=O)CN2CCOCC2)cc(Cl)c1OCc1ccc(I)cc1. The molecule has 1 N–H and O–H groups in total. The zero-order chi connectivity index (χ0) is 21.3. The Balaban J connectivity index is 1.59. The van der Waals surface area contributed by atoms with Crippen molar-refractivity contribution in [3.63, 3.8) is 0 Å². The molecule has 1 amide bonds. The quantitative estimate of drug-likeness (QED) is 0.314. The number of halogens is 2. The largest absolute Gasteiger partial charge is 0.493 e. The first-order valence-electron chi connectivity index (χ1n) is 9.42. The van der Waals surface area contributed by atoms with Gasteiger partial charge in [0.15, 0.2) is 11.5 Å². The molecular weight excluding hydrogens is 521 g/mol. The number of carbonyl (C=O) groups excluding carboxylic acids is 1. The van der Waals surface area contributed by atoms with Crippen molar-refractivity contribution in [3.8, 4) is 11.5 Å². The van der Waals surface area contributed by atoms with Crippen LogP contribution in [0.15, 0.2) is 41.5 Å². The van der Waals surface area contributed by atoms with E-state index >= 15 is 0 Å². The fourth-order valence-electron chi connectivity index (χ4n) is 2.87. The number of carbonyl (C=O) groups is 1. The third kappa shape index (κ3) is 6.83. The van der Waals surface area contributed by atoms with Crippen LogP contribution in [0.5, 0.6) is 11.5 Å². The Morgan fingerprint density at radius 3 is 2.73 bits per heavy atom. The number of hydrazone groups is 1. The molecule has 1 aliphatic heterocycles. The molecule has 3 rings (SSSR count). The Hall–Kier alpha value is -1.88. The molecule has 0 atom stereocenters. The third-order valence-electron chi connectivity index (χ3n) is 4.42. The number of benzene rings is 2. The number of methoxy groups -OCH3 is 1. The number of ether oxygens (including phenoxy) is 3. The molecule has 1 saturated heterocycles. The third-order valence-corrected chi connectivity index (χ3v) is 5.42. The van der Waals surface area contributed by atoms with Crippen molar-refractivity contribution >= 4 is 46.3 Å². The molecule has 9 heteroatoms. The summed E-state index contributed by atoms with van der Waals surface area (Å²) >= 11 is 8.66. The van der Waals surface area contributed by atoms with Crippen LogP contribution in [0.25, 0.3) is 0 Å². The van der Waals surface area contributed by atoms with Crippen LogP contribution in [0.1, 0.15) is 11.1 Å². The first-order chi connectivity index (χ1) is 14.5. The lowest BCUT2D eigenvalue weighted by Gasteiger charge is -2.25. The molecule has 0 saturated carbocycles. The van der Waals surface area contributed by atoms with Gasteiger partial charge in [-0.1, -0.05) is 23.7 Å². The van der Waals surface area contributed by atoms with Gasteiger partial charge in [-0.15, -0.1) is 0 Å². The van der Waals surface area contributed by atoms with E-state index in [1.54, 1.807) is 19.2 Å². The Kier molecular flexibility index (Phi) is 8.74. The summed E-state index contributed by atoms with van der Waals surface area (Å²) in [5, 5.41) is 4.42. The fraction of sp³-hybridized carbons (Fsp3) is 0.333. The van der Waals surface area contributed by atoms with E-state index < -0.39 is 0 Å². The summed E-state index contributed by atoms with van der Waals surface area (Å²) in [6, 6.07) is 11.5. The maximum atomic E-state index is 12.0. The Morgan fingerprint density at radius 1 is 1.30 bits per heavy atom. The normalized spacial score (nSPS) is 14.6. The number of rotatable bonds is 8. The van der Waals surface area contributed by atoms with E-state index in [-0.39, 0.29) is 12.5 Å². The number of hydrogen-bond donors (Lipinski definition) is 1. The lowest BCUT2D eigenvalue weighted by atomic mass is 10.2. The van der Waals surface area contributed by atoms with Gasteiger partial charge in [0.2, 0.25) is 0 Å². The molecule has 0 radical (unpaired) electrons. The average molecular weight is 544 g/mol. The molecule has 0 unspecified atom stereocenters. The number of morpholine rings is 1. The van der Waals surface area contributed by atoms with Gasteiger partial charge in [0.05, 0.1) is 38.1 Å². The van der Waals surface area contributed by atoms with Crippen molar-refractivity contribution in [2.75, 3.05) is 40.0 Å². The fourth-order valence-corrected chi connectivity index (χ4v) is 3.50. The van der Waals surface area contributed by atoms with Crippen LogP contribution in [0.3, 0.4) is 0 Å². The predicted molar refractivity (Wildman–Crippen MR) is 124 cm³/mol. The average Bonchev–Trinajstić information content (AvgIpc) is 2.74. The molecule has 0 aliphatic carbocycles. The predicted octanol–water partition coefficient (Wildman–Crippen LogP) is 3.31. The number of nitrogens with one attached hydrogen (secondary N) is 1. The van der Waals surface area contributed by atoms with Gasteiger partial charge in [0.1, 0.15) is 6.61 Å². The molecule has 2 aromatic carbocycles. The van der Waals surface area contributed by atoms with E-state index in [1.165, 1.54) is 6.21 Å². The maximum Gasteiger partial charge on any atom is 0.254 e. The zero-order valence-corrected chi connectivity index (χ0v) is 19.5.